The Balaban J connectivity index is 1.40. The third-order valence-corrected chi connectivity index (χ3v) is 6.63. The van der Waals surface area contributed by atoms with E-state index in [0.717, 1.165) is 6.42 Å². The third-order valence-electron chi connectivity index (χ3n) is 6.63. The van der Waals surface area contributed by atoms with Crippen LogP contribution in [0.4, 0.5) is 0 Å². The molecule has 3 aliphatic heterocycles. The van der Waals surface area contributed by atoms with Gasteiger partial charge < -0.3 is 24.8 Å². The number of benzene rings is 1. The van der Waals surface area contributed by atoms with Gasteiger partial charge in [-0.2, -0.15) is 0 Å². The van der Waals surface area contributed by atoms with Crippen LogP contribution in [0.25, 0.3) is 0 Å². The molecule has 1 atom stereocenters. The Kier molecular flexibility index (Phi) is 6.34. The number of nitrogens with zero attached hydrogens (tertiary/aromatic N) is 3. The largest absolute Gasteiger partial charge is 0.485 e. The summed E-state index contributed by atoms with van der Waals surface area (Å²) in [6.45, 7) is 4.51. The normalized spacial score (nSPS) is 24.1. The molecule has 1 spiro atoms. The molecule has 32 heavy (non-hydrogen) atoms. The maximum Gasteiger partial charge on any atom is 0.255 e. The van der Waals surface area contributed by atoms with E-state index in [4.69, 9.17) is 4.74 Å². The molecule has 0 radical (unpaired) electrons. The number of likely N-dealkylation sites (tertiary alicyclic amines) is 1. The Morgan fingerprint density at radius 2 is 1.78 bits per heavy atom. The Morgan fingerprint density at radius 1 is 1.03 bits per heavy atom. The summed E-state index contributed by atoms with van der Waals surface area (Å²) in [5, 5.41) is 2.93. The number of amides is 4. The van der Waals surface area contributed by atoms with Crippen molar-refractivity contribution in [3.63, 3.8) is 0 Å². The van der Waals surface area contributed by atoms with Gasteiger partial charge >= 0.3 is 0 Å². The van der Waals surface area contributed by atoms with E-state index in [9.17, 15) is 19.2 Å². The van der Waals surface area contributed by atoms with Crippen LogP contribution in [-0.2, 0) is 14.4 Å². The van der Waals surface area contributed by atoms with Crippen LogP contribution >= 0.6 is 0 Å². The molecule has 9 nitrogen and oxygen atoms in total. The predicted molar refractivity (Wildman–Crippen MR) is 116 cm³/mol. The lowest BCUT2D eigenvalue weighted by atomic mass is 9.94. The lowest BCUT2D eigenvalue weighted by molar-refractivity contribution is -0.140. The molecule has 1 aromatic rings. The Labute approximate surface area is 187 Å². The van der Waals surface area contributed by atoms with E-state index in [1.807, 2.05) is 6.07 Å². The molecule has 2 fully saturated rings. The summed E-state index contributed by atoms with van der Waals surface area (Å²) in [6, 6.07) is 7.12. The van der Waals surface area contributed by atoms with Crippen molar-refractivity contribution in [3.05, 3.63) is 29.8 Å². The summed E-state index contributed by atoms with van der Waals surface area (Å²) in [7, 11) is 0. The second-order valence-corrected chi connectivity index (χ2v) is 8.77. The molecule has 4 rings (SSSR count). The van der Waals surface area contributed by atoms with Gasteiger partial charge in [-0.15, -0.1) is 0 Å². The molecular formula is C23H30N4O5. The zero-order valence-electron chi connectivity index (χ0n) is 18.5. The van der Waals surface area contributed by atoms with Crippen LogP contribution < -0.4 is 10.1 Å². The smallest absolute Gasteiger partial charge is 0.255 e. The standard InChI is InChI=1S/C23H30N4O5/c1-17(28)25-10-4-11-26(14-13-25)21(30)15-27-12-9-23(8-7-20(27)29)16-24-22(31)18-5-2-3-6-19(18)32-23/h2-3,5-6H,4,7-16H2,1H3,(H,24,31)/t23-/m1/s1. The van der Waals surface area contributed by atoms with Crippen LogP contribution in [-0.4, -0.2) is 89.7 Å². The SMILES string of the molecule is CC(=O)N1CCCN(C(=O)CN2CC[C@]3(CCC2=O)CNC(=O)c2ccccc2O3)CC1. The van der Waals surface area contributed by atoms with Gasteiger partial charge in [0.2, 0.25) is 17.7 Å². The number of rotatable bonds is 2. The van der Waals surface area contributed by atoms with Crippen LogP contribution in [0.15, 0.2) is 24.3 Å². The van der Waals surface area contributed by atoms with Gasteiger partial charge in [0.1, 0.15) is 11.4 Å². The molecule has 172 valence electrons. The molecular weight excluding hydrogens is 412 g/mol. The van der Waals surface area contributed by atoms with Crippen molar-refractivity contribution in [2.24, 2.45) is 0 Å². The number of para-hydroxylation sites is 1. The molecule has 0 aromatic heterocycles. The molecule has 0 unspecified atom stereocenters. The van der Waals surface area contributed by atoms with E-state index in [1.165, 1.54) is 0 Å². The summed E-state index contributed by atoms with van der Waals surface area (Å²) >= 11 is 0. The van der Waals surface area contributed by atoms with E-state index in [2.05, 4.69) is 5.32 Å². The first-order valence-electron chi connectivity index (χ1n) is 11.2. The fraction of sp³-hybridized carbons (Fsp3) is 0.565. The zero-order valence-corrected chi connectivity index (χ0v) is 18.5. The highest BCUT2D eigenvalue weighted by Gasteiger charge is 2.40. The average molecular weight is 443 g/mol. The molecule has 9 heteroatoms. The fourth-order valence-corrected chi connectivity index (χ4v) is 4.62. The Morgan fingerprint density at radius 3 is 2.59 bits per heavy atom. The number of fused-ring (bicyclic) bond motifs is 1. The summed E-state index contributed by atoms with van der Waals surface area (Å²) in [5.41, 5.74) is -0.187. The van der Waals surface area contributed by atoms with Crippen molar-refractivity contribution < 1.29 is 23.9 Å². The van der Waals surface area contributed by atoms with Crippen molar-refractivity contribution in [1.29, 1.82) is 0 Å². The minimum absolute atomic E-state index is 0.0179. The quantitative estimate of drug-likeness (QED) is 0.725. The van der Waals surface area contributed by atoms with E-state index in [1.54, 1.807) is 39.8 Å². The van der Waals surface area contributed by atoms with Crippen molar-refractivity contribution in [2.45, 2.75) is 38.2 Å². The highest BCUT2D eigenvalue weighted by atomic mass is 16.5. The predicted octanol–water partition coefficient (Wildman–Crippen LogP) is 0.641. The number of carbonyl (C=O) groups excluding carboxylic acids is 4. The minimum atomic E-state index is -0.680. The second kappa shape index (κ2) is 9.18. The van der Waals surface area contributed by atoms with Crippen LogP contribution in [0.1, 0.15) is 43.0 Å². The van der Waals surface area contributed by atoms with Crippen LogP contribution in [0, 0.1) is 0 Å². The number of hydrogen-bond acceptors (Lipinski definition) is 5. The highest BCUT2D eigenvalue weighted by Crippen LogP contribution is 2.33. The fourth-order valence-electron chi connectivity index (χ4n) is 4.62. The zero-order chi connectivity index (χ0) is 22.7. The Hall–Kier alpha value is -3.10. The van der Waals surface area contributed by atoms with Gasteiger partial charge in [0.05, 0.1) is 18.7 Å². The summed E-state index contributed by atoms with van der Waals surface area (Å²) in [5.74, 6) is 0.187. The van der Waals surface area contributed by atoms with E-state index in [0.29, 0.717) is 63.4 Å². The van der Waals surface area contributed by atoms with Gasteiger partial charge in [-0.25, -0.2) is 0 Å². The number of hydrogen-bond donors (Lipinski definition) is 1. The summed E-state index contributed by atoms with van der Waals surface area (Å²) in [6.07, 6.45) is 1.99. The number of nitrogens with one attached hydrogen (secondary N) is 1. The molecule has 1 N–H and O–H groups in total. The van der Waals surface area contributed by atoms with E-state index in [-0.39, 0.29) is 36.6 Å². The maximum atomic E-state index is 12.9. The van der Waals surface area contributed by atoms with Crippen molar-refractivity contribution >= 4 is 23.6 Å². The molecule has 3 aliphatic rings. The van der Waals surface area contributed by atoms with Gasteiger partial charge in [-0.1, -0.05) is 12.1 Å². The molecule has 0 saturated carbocycles. The van der Waals surface area contributed by atoms with Crippen LogP contribution in [0.2, 0.25) is 0 Å². The lowest BCUT2D eigenvalue weighted by Gasteiger charge is -2.32. The minimum Gasteiger partial charge on any atom is -0.485 e. The van der Waals surface area contributed by atoms with E-state index >= 15 is 0 Å². The molecule has 0 aliphatic carbocycles. The highest BCUT2D eigenvalue weighted by molar-refractivity contribution is 5.97. The van der Waals surface area contributed by atoms with Crippen molar-refractivity contribution in [1.82, 2.24) is 20.0 Å². The molecule has 1 aromatic carbocycles. The van der Waals surface area contributed by atoms with Gasteiger partial charge in [0, 0.05) is 52.5 Å². The Bertz CT molecular complexity index is 919. The van der Waals surface area contributed by atoms with Crippen molar-refractivity contribution in [3.8, 4) is 5.75 Å². The van der Waals surface area contributed by atoms with Gasteiger partial charge in [-0.05, 0) is 25.0 Å². The average Bonchev–Trinajstić information content (AvgIpc) is 3.17. The van der Waals surface area contributed by atoms with Crippen LogP contribution in [0.5, 0.6) is 5.75 Å². The maximum absolute atomic E-state index is 12.9. The second-order valence-electron chi connectivity index (χ2n) is 8.77. The van der Waals surface area contributed by atoms with Crippen LogP contribution in [0.3, 0.4) is 0 Å². The lowest BCUT2D eigenvalue weighted by Crippen LogP contribution is -2.47. The van der Waals surface area contributed by atoms with Gasteiger partial charge in [-0.3, -0.25) is 19.2 Å². The van der Waals surface area contributed by atoms with Gasteiger partial charge in [0.15, 0.2) is 0 Å². The summed E-state index contributed by atoms with van der Waals surface area (Å²) < 4.78 is 6.31. The molecule has 3 heterocycles. The van der Waals surface area contributed by atoms with Crippen molar-refractivity contribution in [2.75, 3.05) is 45.8 Å². The first-order chi connectivity index (χ1) is 15.4. The monoisotopic (exact) mass is 442 g/mol. The molecule has 2 saturated heterocycles. The molecule has 0 bridgehead atoms. The third kappa shape index (κ3) is 4.71. The molecule has 4 amide bonds. The summed E-state index contributed by atoms with van der Waals surface area (Å²) in [4.78, 5) is 54.9. The number of carbonyl (C=O) groups is 4. The topological polar surface area (TPSA) is 99.3 Å². The first kappa shape index (κ1) is 22.1. The first-order valence-corrected chi connectivity index (χ1v) is 11.2. The van der Waals surface area contributed by atoms with E-state index < -0.39 is 5.60 Å². The number of ether oxygens (including phenoxy) is 1. The van der Waals surface area contributed by atoms with Gasteiger partial charge in [0.25, 0.3) is 5.91 Å².